The maximum absolute atomic E-state index is 11.6. The smallest absolute Gasteiger partial charge is 0.351 e. The minimum absolute atomic E-state index is 0.150. The second-order valence-corrected chi connectivity index (χ2v) is 5.82. The van der Waals surface area contributed by atoms with Crippen LogP contribution in [0.4, 0.5) is 5.82 Å². The number of anilines is 1. The number of nitrogen functional groups attached to an aromatic ring is 1. The van der Waals surface area contributed by atoms with Gasteiger partial charge in [-0.1, -0.05) is 12.2 Å². The number of nitrogens with two attached hydrogens (primary N) is 1. The molecule has 1 heterocycles. The highest BCUT2D eigenvalue weighted by Crippen LogP contribution is 2.36. The third kappa shape index (κ3) is 3.74. The molecule has 0 aromatic carbocycles. The molecule has 0 saturated heterocycles. The second-order valence-electron chi connectivity index (χ2n) is 4.23. The van der Waals surface area contributed by atoms with Crippen molar-refractivity contribution in [2.24, 2.45) is 0 Å². The molecular formula is C10H14N3O5P. The Morgan fingerprint density at radius 3 is 2.89 bits per heavy atom. The summed E-state index contributed by atoms with van der Waals surface area (Å²) in [4.78, 5) is 32.7. The van der Waals surface area contributed by atoms with Crippen molar-refractivity contribution in [3.63, 3.8) is 0 Å². The standard InChI is InChI=1S/C10H14N3O5P/c11-9-3-4-13(10(14)12-9)7-1-2-8(5-7)18-6-19(15,16)17/h1-4,7-8H,5-6H2,(H2,11,12,14)(H2,15,16,17). The fourth-order valence-corrected chi connectivity index (χ4v) is 2.23. The van der Waals surface area contributed by atoms with Gasteiger partial charge in [0, 0.05) is 12.6 Å². The van der Waals surface area contributed by atoms with Gasteiger partial charge >= 0.3 is 13.3 Å². The van der Waals surface area contributed by atoms with E-state index < -0.39 is 25.7 Å². The van der Waals surface area contributed by atoms with Crippen LogP contribution < -0.4 is 11.4 Å². The molecule has 1 aliphatic rings. The molecule has 19 heavy (non-hydrogen) atoms. The Bertz CT molecular complexity index is 593. The van der Waals surface area contributed by atoms with E-state index in [1.807, 2.05) is 0 Å². The Balaban J connectivity index is 2.01. The molecule has 2 atom stereocenters. The molecule has 0 amide bonds. The quantitative estimate of drug-likeness (QED) is 0.518. The Kier molecular flexibility index (Phi) is 3.86. The van der Waals surface area contributed by atoms with Crippen molar-refractivity contribution < 1.29 is 19.1 Å². The first-order chi connectivity index (χ1) is 8.85. The predicted molar refractivity (Wildman–Crippen MR) is 67.5 cm³/mol. The van der Waals surface area contributed by atoms with Crippen LogP contribution in [0.3, 0.4) is 0 Å². The van der Waals surface area contributed by atoms with Crippen LogP contribution in [-0.2, 0) is 9.30 Å². The molecule has 0 spiro atoms. The molecule has 1 aliphatic carbocycles. The summed E-state index contributed by atoms with van der Waals surface area (Å²) in [7, 11) is -4.18. The minimum Gasteiger partial charge on any atom is -0.383 e. The van der Waals surface area contributed by atoms with Crippen molar-refractivity contribution in [1.29, 1.82) is 0 Å². The number of hydrogen-bond acceptors (Lipinski definition) is 5. The van der Waals surface area contributed by atoms with Crippen LogP contribution in [0.25, 0.3) is 0 Å². The Hall–Kier alpha value is -1.47. The Morgan fingerprint density at radius 2 is 2.26 bits per heavy atom. The molecule has 4 N–H and O–H groups in total. The van der Waals surface area contributed by atoms with E-state index in [-0.39, 0.29) is 11.9 Å². The summed E-state index contributed by atoms with van der Waals surface area (Å²) in [5, 5.41) is 0. The van der Waals surface area contributed by atoms with Gasteiger partial charge in [-0.2, -0.15) is 4.98 Å². The Labute approximate surface area is 108 Å². The molecule has 0 saturated carbocycles. The van der Waals surface area contributed by atoms with E-state index in [2.05, 4.69) is 4.98 Å². The normalized spacial score (nSPS) is 22.8. The van der Waals surface area contributed by atoms with Gasteiger partial charge < -0.3 is 20.3 Å². The number of allylic oxidation sites excluding steroid dienone is 1. The topological polar surface area (TPSA) is 128 Å². The lowest BCUT2D eigenvalue weighted by atomic mass is 10.2. The van der Waals surface area contributed by atoms with Gasteiger partial charge in [-0.25, -0.2) is 4.79 Å². The fourth-order valence-electron chi connectivity index (χ4n) is 1.85. The lowest BCUT2D eigenvalue weighted by molar-refractivity contribution is 0.102. The van der Waals surface area contributed by atoms with Crippen LogP contribution in [-0.4, -0.2) is 31.8 Å². The molecule has 0 bridgehead atoms. The first-order valence-electron chi connectivity index (χ1n) is 5.54. The van der Waals surface area contributed by atoms with Crippen molar-refractivity contribution >= 4 is 13.4 Å². The van der Waals surface area contributed by atoms with Crippen molar-refractivity contribution in [2.45, 2.75) is 18.6 Å². The van der Waals surface area contributed by atoms with Crippen LogP contribution in [0.5, 0.6) is 0 Å². The van der Waals surface area contributed by atoms with Gasteiger partial charge in [0.1, 0.15) is 12.2 Å². The van der Waals surface area contributed by atoms with Crippen molar-refractivity contribution in [3.05, 3.63) is 34.9 Å². The van der Waals surface area contributed by atoms with E-state index in [4.69, 9.17) is 20.3 Å². The molecule has 0 radical (unpaired) electrons. The van der Waals surface area contributed by atoms with Crippen molar-refractivity contribution in [1.82, 2.24) is 9.55 Å². The van der Waals surface area contributed by atoms with E-state index in [1.54, 1.807) is 12.2 Å². The highest BCUT2D eigenvalue weighted by atomic mass is 31.2. The highest BCUT2D eigenvalue weighted by molar-refractivity contribution is 7.51. The average Bonchev–Trinajstić information content (AvgIpc) is 2.74. The van der Waals surface area contributed by atoms with Crippen LogP contribution >= 0.6 is 7.60 Å². The van der Waals surface area contributed by atoms with Gasteiger partial charge in [0.15, 0.2) is 0 Å². The molecule has 2 unspecified atom stereocenters. The van der Waals surface area contributed by atoms with E-state index in [0.717, 1.165) is 0 Å². The molecule has 0 aliphatic heterocycles. The number of hydrogen-bond donors (Lipinski definition) is 3. The summed E-state index contributed by atoms with van der Waals surface area (Å²) in [5.74, 6) is 0.150. The number of aromatic nitrogens is 2. The van der Waals surface area contributed by atoms with Gasteiger partial charge in [0.2, 0.25) is 0 Å². The monoisotopic (exact) mass is 287 g/mol. The van der Waals surface area contributed by atoms with E-state index in [9.17, 15) is 9.36 Å². The van der Waals surface area contributed by atoms with E-state index >= 15 is 0 Å². The predicted octanol–water partition coefficient (Wildman–Crippen LogP) is -0.153. The second kappa shape index (κ2) is 5.26. The summed E-state index contributed by atoms with van der Waals surface area (Å²) in [6.45, 7) is 0. The maximum Gasteiger partial charge on any atom is 0.351 e. The lowest BCUT2D eigenvalue weighted by Crippen LogP contribution is -2.26. The summed E-state index contributed by atoms with van der Waals surface area (Å²) in [6.07, 6.45) is 4.30. The first kappa shape index (κ1) is 14.0. The van der Waals surface area contributed by atoms with E-state index in [1.165, 1.54) is 16.8 Å². The molecular weight excluding hydrogens is 273 g/mol. The highest BCUT2D eigenvalue weighted by Gasteiger charge is 2.24. The van der Waals surface area contributed by atoms with Crippen LogP contribution in [0.15, 0.2) is 29.2 Å². The summed E-state index contributed by atoms with van der Waals surface area (Å²) >= 11 is 0. The summed E-state index contributed by atoms with van der Waals surface area (Å²) in [5.41, 5.74) is 4.93. The molecule has 1 aromatic heterocycles. The number of ether oxygens (including phenoxy) is 1. The lowest BCUT2D eigenvalue weighted by Gasteiger charge is -2.15. The molecule has 2 rings (SSSR count). The van der Waals surface area contributed by atoms with Crippen LogP contribution in [0.1, 0.15) is 12.5 Å². The summed E-state index contributed by atoms with van der Waals surface area (Å²) < 4.78 is 17.2. The number of nitrogens with zero attached hydrogens (tertiary/aromatic N) is 2. The minimum atomic E-state index is -4.18. The third-order valence-corrected chi connectivity index (χ3v) is 3.17. The molecule has 9 heteroatoms. The molecule has 1 aromatic rings. The summed E-state index contributed by atoms with van der Waals surface area (Å²) in [6, 6.07) is 1.27. The van der Waals surface area contributed by atoms with Gasteiger partial charge in [0.05, 0.1) is 12.1 Å². The van der Waals surface area contributed by atoms with Gasteiger partial charge in [-0.3, -0.25) is 9.13 Å². The number of rotatable bonds is 4. The van der Waals surface area contributed by atoms with Crippen LogP contribution in [0, 0.1) is 0 Å². The van der Waals surface area contributed by atoms with Crippen molar-refractivity contribution in [3.8, 4) is 0 Å². The van der Waals surface area contributed by atoms with Gasteiger partial charge in [-0.05, 0) is 6.07 Å². The molecule has 8 nitrogen and oxygen atoms in total. The van der Waals surface area contributed by atoms with Crippen molar-refractivity contribution in [2.75, 3.05) is 12.1 Å². The van der Waals surface area contributed by atoms with Gasteiger partial charge in [0.25, 0.3) is 0 Å². The fraction of sp³-hybridized carbons (Fsp3) is 0.400. The third-order valence-electron chi connectivity index (χ3n) is 2.69. The average molecular weight is 287 g/mol. The maximum atomic E-state index is 11.6. The SMILES string of the molecule is Nc1ccn(C2C=CC(OCP(=O)(O)O)C2)c(=O)n1. The largest absolute Gasteiger partial charge is 0.383 e. The van der Waals surface area contributed by atoms with E-state index in [0.29, 0.717) is 6.42 Å². The zero-order valence-electron chi connectivity index (χ0n) is 9.92. The molecule has 0 fully saturated rings. The zero-order chi connectivity index (χ0) is 14.0. The van der Waals surface area contributed by atoms with Gasteiger partial charge in [-0.15, -0.1) is 0 Å². The Morgan fingerprint density at radius 1 is 1.53 bits per heavy atom. The van der Waals surface area contributed by atoms with Crippen LogP contribution in [0.2, 0.25) is 0 Å². The first-order valence-corrected chi connectivity index (χ1v) is 7.34. The molecule has 104 valence electrons. The zero-order valence-corrected chi connectivity index (χ0v) is 10.8.